The lowest BCUT2D eigenvalue weighted by molar-refractivity contribution is 0.446. The van der Waals surface area contributed by atoms with Gasteiger partial charge in [0.1, 0.15) is 5.69 Å². The van der Waals surface area contributed by atoms with Crippen LogP contribution in [0.2, 0.25) is 0 Å². The van der Waals surface area contributed by atoms with E-state index in [0.29, 0.717) is 0 Å². The van der Waals surface area contributed by atoms with E-state index in [1.165, 1.54) is 49.3 Å². The van der Waals surface area contributed by atoms with E-state index in [4.69, 9.17) is 9.47 Å². The molecule has 0 spiro atoms. The summed E-state index contributed by atoms with van der Waals surface area (Å²) >= 11 is 0. The van der Waals surface area contributed by atoms with Crippen LogP contribution in [0.25, 0.3) is 98.8 Å². The molecule has 312 valence electrons. The summed E-state index contributed by atoms with van der Waals surface area (Å²) in [5.41, 5.74) is 14.3. The molecule has 4 heterocycles. The number of benzene rings is 11. The van der Waals surface area contributed by atoms with Gasteiger partial charge in [0.25, 0.3) is 0 Å². The summed E-state index contributed by atoms with van der Waals surface area (Å²) in [7, 11) is 0. The lowest BCUT2D eigenvalue weighted by Gasteiger charge is -2.38. The van der Waals surface area contributed by atoms with Crippen molar-refractivity contribution in [2.75, 3.05) is 4.90 Å². The van der Waals surface area contributed by atoms with E-state index in [9.17, 15) is 0 Å². The van der Waals surface area contributed by atoms with E-state index in [0.717, 1.165) is 89.6 Å². The van der Waals surface area contributed by atoms with Gasteiger partial charge in [-0.15, -0.1) is 0 Å². The van der Waals surface area contributed by atoms with Gasteiger partial charge in [0, 0.05) is 39.4 Å². The van der Waals surface area contributed by atoms with Gasteiger partial charge in [0.2, 0.25) is 0 Å². The average Bonchev–Trinajstić information content (AvgIpc) is 3.89. The molecule has 0 amide bonds. The summed E-state index contributed by atoms with van der Waals surface area (Å²) in [4.78, 5) is 2.33. The largest absolute Gasteiger partial charge is 0.453 e. The standard InChI is InChI=1S/C62H37N3O2/c1-3-13-38(14-4-1)43-23-26-54-50(29-43)51-31-45(25-28-55(51)63(54)46-19-5-2-6-20-46)44-24-27-53-49(30-44)48-21-11-12-22-52(48)64(53)47-36-60-62-61(37-47)67-59-35-42-18-10-8-16-40(42)33-57(59)65(62)56-32-39-15-7-9-17-41(39)34-58(56)66-60/h1-37H. The normalized spacial score (nSPS) is 12.7. The summed E-state index contributed by atoms with van der Waals surface area (Å²) in [5.74, 6) is 3.11. The number of para-hydroxylation sites is 2. The van der Waals surface area contributed by atoms with Crippen molar-refractivity contribution < 1.29 is 9.47 Å². The zero-order valence-electron chi connectivity index (χ0n) is 36.0. The van der Waals surface area contributed by atoms with Crippen molar-refractivity contribution in [3.8, 4) is 56.6 Å². The van der Waals surface area contributed by atoms with E-state index in [-0.39, 0.29) is 0 Å². The van der Waals surface area contributed by atoms with Crippen LogP contribution in [0.5, 0.6) is 23.0 Å². The van der Waals surface area contributed by atoms with Gasteiger partial charge in [-0.05, 0) is 123 Å². The van der Waals surface area contributed by atoms with Gasteiger partial charge in [-0.25, -0.2) is 0 Å². The maximum Gasteiger partial charge on any atom is 0.157 e. The molecule has 0 fully saturated rings. The Balaban J connectivity index is 0.909. The van der Waals surface area contributed by atoms with E-state index in [2.05, 4.69) is 238 Å². The van der Waals surface area contributed by atoms with Gasteiger partial charge in [0.15, 0.2) is 23.0 Å². The highest BCUT2D eigenvalue weighted by Crippen LogP contribution is 2.61. The van der Waals surface area contributed by atoms with Gasteiger partial charge >= 0.3 is 0 Å². The molecule has 0 atom stereocenters. The molecule has 2 aliphatic heterocycles. The SMILES string of the molecule is c1ccc(-c2ccc3c(c2)c2cc(-c4ccc5c(c4)c4ccccc4n5-c4cc5c6c(c4)Oc4cc7ccccc7cc4N6c4cc6ccccc6cc4O5)ccc2n3-c2ccccc2)cc1. The molecule has 2 aliphatic rings. The van der Waals surface area contributed by atoms with Crippen molar-refractivity contribution in [2.24, 2.45) is 0 Å². The Morgan fingerprint density at radius 1 is 0.269 bits per heavy atom. The summed E-state index contributed by atoms with van der Waals surface area (Å²) in [6.45, 7) is 0. The van der Waals surface area contributed by atoms with Gasteiger partial charge < -0.3 is 18.6 Å². The molecule has 0 bridgehead atoms. The topological polar surface area (TPSA) is 31.6 Å². The maximum absolute atomic E-state index is 6.97. The molecule has 5 heteroatoms. The third-order valence-corrected chi connectivity index (χ3v) is 14.0. The number of ether oxygens (including phenoxy) is 2. The van der Waals surface area contributed by atoms with E-state index >= 15 is 0 Å². The van der Waals surface area contributed by atoms with Crippen LogP contribution in [0.1, 0.15) is 0 Å². The summed E-state index contributed by atoms with van der Waals surface area (Å²) in [5, 5.41) is 9.37. The van der Waals surface area contributed by atoms with Gasteiger partial charge in [-0.2, -0.15) is 0 Å². The second-order valence-electron chi connectivity index (χ2n) is 17.7. The second-order valence-corrected chi connectivity index (χ2v) is 17.7. The number of nitrogens with zero attached hydrogens (tertiary/aromatic N) is 3. The number of hydrogen-bond donors (Lipinski definition) is 0. The fourth-order valence-corrected chi connectivity index (χ4v) is 10.9. The van der Waals surface area contributed by atoms with Crippen LogP contribution in [0.15, 0.2) is 224 Å². The molecule has 67 heavy (non-hydrogen) atoms. The lowest BCUT2D eigenvalue weighted by atomic mass is 9.99. The molecule has 11 aromatic carbocycles. The Hall–Kier alpha value is -9.06. The molecule has 2 aromatic heterocycles. The fourth-order valence-electron chi connectivity index (χ4n) is 10.9. The average molecular weight is 856 g/mol. The summed E-state index contributed by atoms with van der Waals surface area (Å²) in [6, 6.07) is 80.9. The molecule has 0 N–H and O–H groups in total. The maximum atomic E-state index is 6.97. The minimum Gasteiger partial charge on any atom is -0.453 e. The molecule has 0 aliphatic carbocycles. The molecule has 0 unspecified atom stereocenters. The molecule has 0 radical (unpaired) electrons. The number of aromatic nitrogens is 2. The van der Waals surface area contributed by atoms with E-state index in [1.807, 2.05) is 0 Å². The molecule has 0 saturated carbocycles. The van der Waals surface area contributed by atoms with Crippen molar-refractivity contribution in [3.63, 3.8) is 0 Å². The van der Waals surface area contributed by atoms with Crippen LogP contribution >= 0.6 is 0 Å². The molecule has 13 aromatic rings. The predicted octanol–water partition coefficient (Wildman–Crippen LogP) is 17.2. The van der Waals surface area contributed by atoms with Crippen molar-refractivity contribution in [2.45, 2.75) is 0 Å². The Morgan fingerprint density at radius 2 is 0.687 bits per heavy atom. The highest BCUT2D eigenvalue weighted by molar-refractivity contribution is 6.14. The Kier molecular flexibility index (Phi) is 7.44. The Morgan fingerprint density at radius 3 is 1.24 bits per heavy atom. The van der Waals surface area contributed by atoms with E-state index < -0.39 is 0 Å². The first-order valence-electron chi connectivity index (χ1n) is 22.8. The number of anilines is 3. The Labute approximate surface area is 385 Å². The van der Waals surface area contributed by atoms with Gasteiger partial charge in [-0.3, -0.25) is 4.90 Å². The van der Waals surface area contributed by atoms with Gasteiger partial charge in [-0.1, -0.05) is 133 Å². The first-order valence-corrected chi connectivity index (χ1v) is 22.8. The molecule has 15 rings (SSSR count). The van der Waals surface area contributed by atoms with Crippen LogP contribution in [0, 0.1) is 0 Å². The van der Waals surface area contributed by atoms with Crippen molar-refractivity contribution >= 4 is 82.2 Å². The summed E-state index contributed by atoms with van der Waals surface area (Å²) in [6.07, 6.45) is 0. The van der Waals surface area contributed by atoms with Crippen LogP contribution < -0.4 is 14.4 Å². The zero-order chi connectivity index (χ0) is 43.7. The monoisotopic (exact) mass is 855 g/mol. The Bertz CT molecular complexity index is 4110. The summed E-state index contributed by atoms with van der Waals surface area (Å²) < 4.78 is 18.7. The van der Waals surface area contributed by atoms with Crippen LogP contribution in [-0.4, -0.2) is 9.13 Å². The van der Waals surface area contributed by atoms with Crippen molar-refractivity contribution in [3.05, 3.63) is 224 Å². The first kappa shape index (κ1) is 36.3. The van der Waals surface area contributed by atoms with Crippen LogP contribution in [0.3, 0.4) is 0 Å². The predicted molar refractivity (Wildman–Crippen MR) is 276 cm³/mol. The van der Waals surface area contributed by atoms with E-state index in [1.54, 1.807) is 0 Å². The minimum atomic E-state index is 0.745. The fraction of sp³-hybridized carbons (Fsp3) is 0. The number of fused-ring (bicyclic) bond motifs is 12. The smallest absolute Gasteiger partial charge is 0.157 e. The van der Waals surface area contributed by atoms with Crippen LogP contribution in [0.4, 0.5) is 17.1 Å². The molecular weight excluding hydrogens is 819 g/mol. The first-order chi connectivity index (χ1) is 33.2. The van der Waals surface area contributed by atoms with Crippen molar-refractivity contribution in [1.29, 1.82) is 0 Å². The third-order valence-electron chi connectivity index (χ3n) is 14.0. The lowest BCUT2D eigenvalue weighted by Crippen LogP contribution is -2.20. The molecule has 5 nitrogen and oxygen atoms in total. The number of hydrogen-bond acceptors (Lipinski definition) is 3. The minimum absolute atomic E-state index is 0.745. The highest BCUT2D eigenvalue weighted by atomic mass is 16.5. The second kappa shape index (κ2) is 13.7. The number of rotatable bonds is 4. The highest BCUT2D eigenvalue weighted by Gasteiger charge is 2.36. The van der Waals surface area contributed by atoms with Crippen molar-refractivity contribution in [1.82, 2.24) is 9.13 Å². The van der Waals surface area contributed by atoms with Gasteiger partial charge in [0.05, 0.1) is 39.1 Å². The zero-order valence-corrected chi connectivity index (χ0v) is 36.0. The van der Waals surface area contributed by atoms with Crippen LogP contribution in [-0.2, 0) is 0 Å². The molecule has 0 saturated heterocycles. The third kappa shape index (κ3) is 5.37. The quantitative estimate of drug-likeness (QED) is 0.177. The molecular formula is C62H37N3O2.